The van der Waals surface area contributed by atoms with Crippen LogP contribution < -0.4 is 16.0 Å². The summed E-state index contributed by atoms with van der Waals surface area (Å²) in [5.41, 5.74) is 1.38. The fraction of sp³-hybridized carbons (Fsp3) is 0.579. The van der Waals surface area contributed by atoms with Gasteiger partial charge in [0.2, 0.25) is 0 Å². The summed E-state index contributed by atoms with van der Waals surface area (Å²) in [4.78, 5) is 25.7. The second kappa shape index (κ2) is 8.40. The molecule has 1 aliphatic carbocycles. The standard InChI is InChI=1S/C19H28N4O3/c1-20-17(24)21-12-16-13-23(10-11-26-16)18(25)22-14-19(8-5-9-19)15-6-3-2-4-7-15/h2-4,6-7,16H,5,8-14H2,1H3,(H,22,25)(H2,20,21,24). The number of rotatable bonds is 5. The third-order valence-corrected chi connectivity index (χ3v) is 5.42. The van der Waals surface area contributed by atoms with E-state index in [1.54, 1.807) is 11.9 Å². The van der Waals surface area contributed by atoms with Crippen molar-refractivity contribution in [2.24, 2.45) is 0 Å². The molecule has 1 atom stereocenters. The van der Waals surface area contributed by atoms with Gasteiger partial charge in [-0.2, -0.15) is 0 Å². The third kappa shape index (κ3) is 4.27. The second-order valence-corrected chi connectivity index (χ2v) is 7.06. The van der Waals surface area contributed by atoms with Crippen LogP contribution in [-0.4, -0.2) is 62.9 Å². The summed E-state index contributed by atoms with van der Waals surface area (Å²) < 4.78 is 5.64. The van der Waals surface area contributed by atoms with E-state index >= 15 is 0 Å². The Kier molecular flexibility index (Phi) is 5.98. The van der Waals surface area contributed by atoms with Crippen LogP contribution in [-0.2, 0) is 10.2 Å². The lowest BCUT2D eigenvalue weighted by Crippen LogP contribution is -2.55. The van der Waals surface area contributed by atoms with E-state index in [2.05, 4.69) is 40.2 Å². The molecule has 0 spiro atoms. The highest BCUT2D eigenvalue weighted by atomic mass is 16.5. The van der Waals surface area contributed by atoms with E-state index in [1.807, 2.05) is 6.07 Å². The number of ether oxygens (including phenoxy) is 1. The van der Waals surface area contributed by atoms with Crippen molar-refractivity contribution in [1.82, 2.24) is 20.9 Å². The summed E-state index contributed by atoms with van der Waals surface area (Å²) in [6.07, 6.45) is 3.24. The summed E-state index contributed by atoms with van der Waals surface area (Å²) in [5.74, 6) is 0. The van der Waals surface area contributed by atoms with Crippen molar-refractivity contribution in [3.8, 4) is 0 Å². The monoisotopic (exact) mass is 360 g/mol. The number of benzene rings is 1. The van der Waals surface area contributed by atoms with Crippen molar-refractivity contribution < 1.29 is 14.3 Å². The van der Waals surface area contributed by atoms with E-state index in [-0.39, 0.29) is 23.6 Å². The van der Waals surface area contributed by atoms with Gasteiger partial charge in [0.1, 0.15) is 0 Å². The number of carbonyl (C=O) groups excluding carboxylic acids is 2. The Hall–Kier alpha value is -2.28. The van der Waals surface area contributed by atoms with Crippen molar-refractivity contribution in [3.05, 3.63) is 35.9 Å². The minimum Gasteiger partial charge on any atom is -0.373 e. The van der Waals surface area contributed by atoms with Gasteiger partial charge in [-0.1, -0.05) is 36.8 Å². The van der Waals surface area contributed by atoms with Crippen molar-refractivity contribution in [1.29, 1.82) is 0 Å². The van der Waals surface area contributed by atoms with E-state index in [0.29, 0.717) is 32.8 Å². The van der Waals surface area contributed by atoms with Gasteiger partial charge in [-0.15, -0.1) is 0 Å². The Labute approximate surface area is 154 Å². The molecular weight excluding hydrogens is 332 g/mol. The molecule has 1 aromatic carbocycles. The predicted molar refractivity (Wildman–Crippen MR) is 99.1 cm³/mol. The molecule has 26 heavy (non-hydrogen) atoms. The molecule has 1 heterocycles. The molecule has 0 bridgehead atoms. The van der Waals surface area contributed by atoms with Crippen LogP contribution in [0.2, 0.25) is 0 Å². The lowest BCUT2D eigenvalue weighted by molar-refractivity contribution is -0.0118. The van der Waals surface area contributed by atoms with Crippen LogP contribution in [0.1, 0.15) is 24.8 Å². The van der Waals surface area contributed by atoms with Gasteiger partial charge < -0.3 is 25.6 Å². The third-order valence-electron chi connectivity index (χ3n) is 5.42. The van der Waals surface area contributed by atoms with Crippen molar-refractivity contribution in [2.75, 3.05) is 39.8 Å². The minimum absolute atomic E-state index is 0.0551. The first-order chi connectivity index (χ1) is 12.6. The van der Waals surface area contributed by atoms with Crippen LogP contribution in [0.4, 0.5) is 9.59 Å². The van der Waals surface area contributed by atoms with Crippen LogP contribution >= 0.6 is 0 Å². The Bertz CT molecular complexity index is 618. The van der Waals surface area contributed by atoms with Gasteiger partial charge >= 0.3 is 12.1 Å². The zero-order chi connectivity index (χ0) is 18.4. The van der Waals surface area contributed by atoms with Crippen LogP contribution in [0.15, 0.2) is 30.3 Å². The molecular formula is C19H28N4O3. The van der Waals surface area contributed by atoms with E-state index < -0.39 is 0 Å². The summed E-state index contributed by atoms with van der Waals surface area (Å²) in [7, 11) is 1.57. The van der Waals surface area contributed by atoms with E-state index in [0.717, 1.165) is 12.8 Å². The van der Waals surface area contributed by atoms with Crippen molar-refractivity contribution in [2.45, 2.75) is 30.8 Å². The maximum Gasteiger partial charge on any atom is 0.317 e. The lowest BCUT2D eigenvalue weighted by Gasteiger charge is -2.43. The van der Waals surface area contributed by atoms with Crippen molar-refractivity contribution in [3.63, 3.8) is 0 Å². The Morgan fingerprint density at radius 2 is 2.00 bits per heavy atom. The highest BCUT2D eigenvalue weighted by Crippen LogP contribution is 2.43. The minimum atomic E-state index is -0.245. The topological polar surface area (TPSA) is 82.7 Å². The van der Waals surface area contributed by atoms with E-state index in [1.165, 1.54) is 12.0 Å². The maximum absolute atomic E-state index is 12.6. The van der Waals surface area contributed by atoms with Gasteiger partial charge in [-0.25, -0.2) is 9.59 Å². The molecule has 3 rings (SSSR count). The first-order valence-corrected chi connectivity index (χ1v) is 9.28. The maximum atomic E-state index is 12.6. The first-order valence-electron chi connectivity index (χ1n) is 9.28. The second-order valence-electron chi connectivity index (χ2n) is 7.06. The molecule has 1 saturated heterocycles. The lowest BCUT2D eigenvalue weighted by atomic mass is 9.64. The number of nitrogens with one attached hydrogen (secondary N) is 3. The first kappa shape index (κ1) is 18.5. The number of carbonyl (C=O) groups is 2. The molecule has 2 aliphatic rings. The normalized spacial score (nSPS) is 21.4. The molecule has 1 saturated carbocycles. The highest BCUT2D eigenvalue weighted by molar-refractivity contribution is 5.75. The molecule has 2 fully saturated rings. The number of morpholine rings is 1. The highest BCUT2D eigenvalue weighted by Gasteiger charge is 2.39. The van der Waals surface area contributed by atoms with Gasteiger partial charge in [0, 0.05) is 32.1 Å². The summed E-state index contributed by atoms with van der Waals surface area (Å²) in [5, 5.41) is 8.35. The summed E-state index contributed by atoms with van der Waals surface area (Å²) in [6, 6.07) is 10.1. The molecule has 0 radical (unpaired) electrons. The van der Waals surface area contributed by atoms with E-state index in [4.69, 9.17) is 4.74 Å². The molecule has 7 heteroatoms. The molecule has 1 aliphatic heterocycles. The molecule has 7 nitrogen and oxygen atoms in total. The Morgan fingerprint density at radius 1 is 1.23 bits per heavy atom. The molecule has 142 valence electrons. The van der Waals surface area contributed by atoms with E-state index in [9.17, 15) is 9.59 Å². The van der Waals surface area contributed by atoms with Crippen LogP contribution in [0.3, 0.4) is 0 Å². The molecule has 4 amide bonds. The van der Waals surface area contributed by atoms with Crippen molar-refractivity contribution >= 4 is 12.1 Å². The summed E-state index contributed by atoms with van der Waals surface area (Å²) >= 11 is 0. The number of nitrogens with zero attached hydrogens (tertiary/aromatic N) is 1. The summed E-state index contributed by atoms with van der Waals surface area (Å²) in [6.45, 7) is 2.58. The fourth-order valence-corrected chi connectivity index (χ4v) is 3.64. The Morgan fingerprint density at radius 3 is 2.65 bits per heavy atom. The zero-order valence-electron chi connectivity index (χ0n) is 15.3. The average Bonchev–Trinajstić information content (AvgIpc) is 2.66. The van der Waals surface area contributed by atoms with Gasteiger partial charge in [0.25, 0.3) is 0 Å². The Balaban J connectivity index is 1.50. The number of hydrogen-bond donors (Lipinski definition) is 3. The SMILES string of the molecule is CNC(=O)NCC1CN(C(=O)NCC2(c3ccccc3)CCC2)CCO1. The number of urea groups is 2. The van der Waals surface area contributed by atoms with Gasteiger partial charge in [0.15, 0.2) is 0 Å². The molecule has 1 unspecified atom stereocenters. The molecule has 0 aromatic heterocycles. The van der Waals surface area contributed by atoms with Gasteiger partial charge in [-0.05, 0) is 18.4 Å². The fourth-order valence-electron chi connectivity index (χ4n) is 3.64. The number of hydrogen-bond acceptors (Lipinski definition) is 3. The predicted octanol–water partition coefficient (Wildman–Crippen LogP) is 1.45. The van der Waals surface area contributed by atoms with Crippen LogP contribution in [0.5, 0.6) is 0 Å². The van der Waals surface area contributed by atoms with Crippen LogP contribution in [0.25, 0.3) is 0 Å². The van der Waals surface area contributed by atoms with Crippen LogP contribution in [0, 0.1) is 0 Å². The average molecular weight is 360 g/mol. The smallest absolute Gasteiger partial charge is 0.317 e. The zero-order valence-corrected chi connectivity index (χ0v) is 15.3. The molecule has 1 aromatic rings. The largest absolute Gasteiger partial charge is 0.373 e. The van der Waals surface area contributed by atoms with Gasteiger partial charge in [-0.3, -0.25) is 0 Å². The van der Waals surface area contributed by atoms with Gasteiger partial charge in [0.05, 0.1) is 19.3 Å². The molecule has 3 N–H and O–H groups in total. The quantitative estimate of drug-likeness (QED) is 0.743. The number of amides is 4.